The molecule has 2 aliphatic heterocycles. The Hall–Kier alpha value is -3.12. The predicted molar refractivity (Wildman–Crippen MR) is 133 cm³/mol. The zero-order valence-corrected chi connectivity index (χ0v) is 21.4. The van der Waals surface area contributed by atoms with Gasteiger partial charge in [-0.2, -0.15) is 15.5 Å². The molecule has 0 aliphatic carbocycles. The minimum Gasteiger partial charge on any atom is -0.355 e. The molecular formula is C25H31ClN8O. The number of aromatic nitrogens is 5. The Morgan fingerprint density at radius 2 is 2.09 bits per heavy atom. The largest absolute Gasteiger partial charge is 0.355 e. The van der Waals surface area contributed by atoms with Crippen molar-refractivity contribution in [3.05, 3.63) is 40.4 Å². The minimum absolute atomic E-state index is 0.0146. The molecule has 0 bridgehead atoms. The maximum Gasteiger partial charge on any atom is 0.274 e. The first kappa shape index (κ1) is 23.6. The second-order valence-electron chi connectivity index (χ2n) is 10.1. The minimum atomic E-state index is -0.150. The van der Waals surface area contributed by atoms with Crippen LogP contribution in [-0.2, 0) is 0 Å². The van der Waals surface area contributed by atoms with Gasteiger partial charge in [-0.25, -0.2) is 9.50 Å². The molecule has 2 saturated heterocycles. The van der Waals surface area contributed by atoms with Crippen LogP contribution in [0.1, 0.15) is 73.9 Å². The first-order valence-corrected chi connectivity index (χ1v) is 12.7. The van der Waals surface area contributed by atoms with E-state index in [1.165, 1.54) is 0 Å². The van der Waals surface area contributed by atoms with Crippen LogP contribution >= 0.6 is 11.6 Å². The molecule has 5 rings (SSSR count). The van der Waals surface area contributed by atoms with Crippen molar-refractivity contribution in [2.45, 2.75) is 59.0 Å². The summed E-state index contributed by atoms with van der Waals surface area (Å²) < 4.78 is 3.50. The van der Waals surface area contributed by atoms with E-state index in [1.54, 1.807) is 15.4 Å². The summed E-state index contributed by atoms with van der Waals surface area (Å²) in [5, 5.41) is 19.0. The van der Waals surface area contributed by atoms with Gasteiger partial charge in [0, 0.05) is 43.5 Å². The number of halogens is 1. The van der Waals surface area contributed by atoms with Crippen LogP contribution in [0.3, 0.4) is 0 Å². The third kappa shape index (κ3) is 4.14. The van der Waals surface area contributed by atoms with Gasteiger partial charge in [-0.3, -0.25) is 9.48 Å². The number of carbonyl (C=O) groups excluding carboxylic acids is 1. The van der Waals surface area contributed by atoms with Crippen molar-refractivity contribution in [3.8, 4) is 6.07 Å². The van der Waals surface area contributed by atoms with Crippen LogP contribution in [0.2, 0.25) is 5.02 Å². The maximum atomic E-state index is 13.7. The fraction of sp³-hybridized carbons (Fsp3) is 0.560. The van der Waals surface area contributed by atoms with Crippen molar-refractivity contribution < 1.29 is 4.79 Å². The third-order valence-corrected chi connectivity index (χ3v) is 7.53. The first-order valence-electron chi connectivity index (χ1n) is 12.3. The van der Waals surface area contributed by atoms with Crippen LogP contribution < -0.4 is 4.90 Å². The molecule has 3 aromatic rings. The Morgan fingerprint density at radius 3 is 2.80 bits per heavy atom. The van der Waals surface area contributed by atoms with Gasteiger partial charge in [0.25, 0.3) is 5.91 Å². The molecular weight excluding hydrogens is 464 g/mol. The Balaban J connectivity index is 1.48. The summed E-state index contributed by atoms with van der Waals surface area (Å²) in [4.78, 5) is 22.7. The molecule has 10 heteroatoms. The summed E-state index contributed by atoms with van der Waals surface area (Å²) in [6.45, 7) is 10.3. The van der Waals surface area contributed by atoms with Gasteiger partial charge in [-0.15, -0.1) is 0 Å². The predicted octanol–water partition coefficient (Wildman–Crippen LogP) is 4.43. The fourth-order valence-corrected chi connectivity index (χ4v) is 5.57. The lowest BCUT2D eigenvalue weighted by atomic mass is 9.99. The van der Waals surface area contributed by atoms with Gasteiger partial charge >= 0.3 is 0 Å². The number of nitrogens with zero attached hydrogens (tertiary/aromatic N) is 8. The van der Waals surface area contributed by atoms with E-state index in [0.29, 0.717) is 29.7 Å². The molecule has 35 heavy (non-hydrogen) atoms. The number of carbonyl (C=O) groups is 1. The van der Waals surface area contributed by atoms with Gasteiger partial charge in [-0.05, 0) is 46.0 Å². The Labute approximate surface area is 210 Å². The van der Waals surface area contributed by atoms with Crippen molar-refractivity contribution in [2.75, 3.05) is 24.5 Å². The highest BCUT2D eigenvalue weighted by molar-refractivity contribution is 6.33. The van der Waals surface area contributed by atoms with Gasteiger partial charge in [0.15, 0.2) is 5.65 Å². The molecule has 5 heterocycles. The second kappa shape index (κ2) is 9.15. The third-order valence-electron chi connectivity index (χ3n) is 7.25. The van der Waals surface area contributed by atoms with Gasteiger partial charge in [-0.1, -0.05) is 18.5 Å². The molecule has 3 atom stereocenters. The van der Waals surface area contributed by atoms with Gasteiger partial charge in [0.05, 0.1) is 34.9 Å². The summed E-state index contributed by atoms with van der Waals surface area (Å²) in [7, 11) is 0. The summed E-state index contributed by atoms with van der Waals surface area (Å²) in [6, 6.07) is 4.28. The van der Waals surface area contributed by atoms with E-state index >= 15 is 0 Å². The first-order chi connectivity index (χ1) is 16.8. The molecule has 0 radical (unpaired) electrons. The number of aryl methyl sites for hydroxylation is 1. The van der Waals surface area contributed by atoms with Gasteiger partial charge < -0.3 is 9.80 Å². The van der Waals surface area contributed by atoms with Crippen LogP contribution in [0, 0.1) is 30.1 Å². The normalized spacial score (nSPS) is 22.8. The molecule has 1 amide bonds. The molecule has 2 aliphatic rings. The standard InChI is InChI=1S/C25H31ClN8O/c1-15(2)34-23(19(26)11-28-34)25(35)32-8-6-5-7-21(32)20-9-22-29-24(17(4)13-33(22)30-20)31-12-16(3)18(10-27)14-31/h9,11,13,15-16,18,21H,5-8,12,14H2,1-4H3/t16-,18+,21-/m0/s1. The molecule has 0 aromatic carbocycles. The molecule has 3 aromatic heterocycles. The summed E-state index contributed by atoms with van der Waals surface area (Å²) in [5.41, 5.74) is 3.03. The van der Waals surface area contributed by atoms with E-state index in [9.17, 15) is 10.1 Å². The maximum absolute atomic E-state index is 13.7. The van der Waals surface area contributed by atoms with Gasteiger partial charge in [0.1, 0.15) is 11.5 Å². The van der Waals surface area contributed by atoms with Crippen LogP contribution in [0.4, 0.5) is 5.82 Å². The molecule has 0 spiro atoms. The van der Waals surface area contributed by atoms with E-state index in [1.807, 2.05) is 37.9 Å². The monoisotopic (exact) mass is 494 g/mol. The Bertz CT molecular complexity index is 1300. The van der Waals surface area contributed by atoms with Gasteiger partial charge in [0.2, 0.25) is 0 Å². The summed E-state index contributed by atoms with van der Waals surface area (Å²) in [6.07, 6.45) is 6.34. The Morgan fingerprint density at radius 1 is 1.29 bits per heavy atom. The lowest BCUT2D eigenvalue weighted by Crippen LogP contribution is -2.40. The lowest BCUT2D eigenvalue weighted by molar-refractivity contribution is 0.0591. The number of nitriles is 1. The second-order valence-corrected chi connectivity index (χ2v) is 10.5. The zero-order chi connectivity index (χ0) is 24.9. The van der Waals surface area contributed by atoms with E-state index in [2.05, 4.69) is 23.0 Å². The van der Waals surface area contributed by atoms with E-state index in [0.717, 1.165) is 48.5 Å². The number of hydrogen-bond donors (Lipinski definition) is 0. The highest BCUT2D eigenvalue weighted by atomic mass is 35.5. The number of fused-ring (bicyclic) bond motifs is 1. The average Bonchev–Trinajstić information content (AvgIpc) is 3.53. The molecule has 0 saturated carbocycles. The number of likely N-dealkylation sites (tertiary alicyclic amines) is 1. The highest BCUT2D eigenvalue weighted by Crippen LogP contribution is 2.34. The van der Waals surface area contributed by atoms with Crippen LogP contribution in [0.15, 0.2) is 18.5 Å². The number of rotatable bonds is 4. The SMILES string of the molecule is Cc1cn2nc([C@@H]3CCCCN3C(=O)c3c(Cl)cnn3C(C)C)cc2nc1N1C[C@@H](C#N)[C@@H](C)C1. The highest BCUT2D eigenvalue weighted by Gasteiger charge is 2.35. The number of amides is 1. The van der Waals surface area contributed by atoms with E-state index < -0.39 is 0 Å². The molecule has 2 fully saturated rings. The van der Waals surface area contributed by atoms with Crippen molar-refractivity contribution in [1.29, 1.82) is 5.26 Å². The van der Waals surface area contributed by atoms with Crippen molar-refractivity contribution in [2.24, 2.45) is 11.8 Å². The molecule has 0 N–H and O–H groups in total. The average molecular weight is 495 g/mol. The van der Waals surface area contributed by atoms with Crippen molar-refractivity contribution in [1.82, 2.24) is 29.3 Å². The lowest BCUT2D eigenvalue weighted by Gasteiger charge is -2.35. The van der Waals surface area contributed by atoms with Crippen molar-refractivity contribution >= 4 is 29.0 Å². The van der Waals surface area contributed by atoms with Crippen molar-refractivity contribution in [3.63, 3.8) is 0 Å². The zero-order valence-electron chi connectivity index (χ0n) is 20.6. The fourth-order valence-electron chi connectivity index (χ4n) is 5.36. The van der Waals surface area contributed by atoms with E-state index in [-0.39, 0.29) is 23.9 Å². The van der Waals surface area contributed by atoms with Crippen LogP contribution in [-0.4, -0.2) is 54.8 Å². The van der Waals surface area contributed by atoms with Crippen LogP contribution in [0.5, 0.6) is 0 Å². The molecule has 0 unspecified atom stereocenters. The quantitative estimate of drug-likeness (QED) is 0.532. The Kier molecular flexibility index (Phi) is 6.18. The van der Waals surface area contributed by atoms with Crippen LogP contribution in [0.25, 0.3) is 5.65 Å². The summed E-state index contributed by atoms with van der Waals surface area (Å²) in [5.74, 6) is 1.12. The summed E-state index contributed by atoms with van der Waals surface area (Å²) >= 11 is 6.40. The molecule has 184 valence electrons. The number of piperidine rings is 1. The topological polar surface area (TPSA) is 95.3 Å². The smallest absolute Gasteiger partial charge is 0.274 e. The van der Waals surface area contributed by atoms with E-state index in [4.69, 9.17) is 21.7 Å². The molecule has 9 nitrogen and oxygen atoms in total. The number of anilines is 1. The number of hydrogen-bond acceptors (Lipinski definition) is 6.